The van der Waals surface area contributed by atoms with Crippen LogP contribution in [0.25, 0.3) is 16.5 Å². The number of para-hydroxylation sites is 1. The van der Waals surface area contributed by atoms with Crippen molar-refractivity contribution in [2.75, 3.05) is 11.9 Å². The Hall–Kier alpha value is -3.27. The fraction of sp³-hybridized carbons (Fsp3) is 0.0909. The Labute approximate surface area is 200 Å². The van der Waals surface area contributed by atoms with Gasteiger partial charge in [-0.15, -0.1) is 11.3 Å². The molecule has 0 unspecified atom stereocenters. The summed E-state index contributed by atoms with van der Waals surface area (Å²) in [6, 6.07) is 9.89. The van der Waals surface area contributed by atoms with Crippen LogP contribution in [0.15, 0.2) is 52.6 Å². The number of esters is 1. The number of hydrogen-bond donors (Lipinski definition) is 1. The lowest BCUT2D eigenvalue weighted by Crippen LogP contribution is -2.26. The van der Waals surface area contributed by atoms with Gasteiger partial charge in [0.1, 0.15) is 16.5 Å². The fourth-order valence-electron chi connectivity index (χ4n) is 3.12. The predicted octanol–water partition coefficient (Wildman–Crippen LogP) is 5.32. The number of carbonyl (C=O) groups is 2. The number of nitrogens with one attached hydrogen (secondary N) is 1. The van der Waals surface area contributed by atoms with Gasteiger partial charge in [0.15, 0.2) is 5.69 Å². The SMILES string of the molecule is CCOC(=O)c1nn(-c2ccccc2F)c(=O)c2c(NC(=O)c3cc(Cl)ccc3Cl)scc12. The standard InChI is InChI=1S/C22H14Cl2FN3O4S/c1-2-32-22(31)18-13-10-33-20(26-19(29)12-9-11(23)7-8-14(12)24)17(13)21(30)28(27-18)16-6-4-3-5-15(16)25/h3-10H,2H2,1H3,(H,26,29). The van der Waals surface area contributed by atoms with E-state index in [1.165, 1.54) is 41.8 Å². The van der Waals surface area contributed by atoms with Crippen molar-refractivity contribution < 1.29 is 18.7 Å². The molecule has 2 aromatic carbocycles. The smallest absolute Gasteiger partial charge is 0.359 e. The summed E-state index contributed by atoms with van der Waals surface area (Å²) in [6.45, 7) is 1.69. The van der Waals surface area contributed by atoms with Crippen LogP contribution in [0.2, 0.25) is 10.0 Å². The van der Waals surface area contributed by atoms with Crippen molar-refractivity contribution in [3.8, 4) is 5.69 Å². The summed E-state index contributed by atoms with van der Waals surface area (Å²) < 4.78 is 20.3. The minimum absolute atomic E-state index is 0.0205. The maximum atomic E-state index is 14.5. The molecule has 4 rings (SSSR count). The summed E-state index contributed by atoms with van der Waals surface area (Å²) in [7, 11) is 0. The van der Waals surface area contributed by atoms with Gasteiger partial charge in [-0.2, -0.15) is 9.78 Å². The van der Waals surface area contributed by atoms with Crippen LogP contribution in [0.5, 0.6) is 0 Å². The Morgan fingerprint density at radius 1 is 1.21 bits per heavy atom. The number of nitrogens with zero attached hydrogens (tertiary/aromatic N) is 2. The molecule has 0 aliphatic heterocycles. The van der Waals surface area contributed by atoms with E-state index in [0.29, 0.717) is 5.02 Å². The number of thiophene rings is 1. The van der Waals surface area contributed by atoms with E-state index in [1.807, 2.05) is 0 Å². The van der Waals surface area contributed by atoms with E-state index in [9.17, 15) is 18.8 Å². The van der Waals surface area contributed by atoms with Gasteiger partial charge in [-0.3, -0.25) is 9.59 Å². The van der Waals surface area contributed by atoms with Gasteiger partial charge < -0.3 is 10.1 Å². The largest absolute Gasteiger partial charge is 0.461 e. The molecule has 1 amide bonds. The van der Waals surface area contributed by atoms with Gasteiger partial charge in [-0.05, 0) is 37.3 Å². The highest BCUT2D eigenvalue weighted by Gasteiger charge is 2.24. The molecule has 2 aromatic heterocycles. The highest BCUT2D eigenvalue weighted by Crippen LogP contribution is 2.32. The molecule has 4 aromatic rings. The molecule has 33 heavy (non-hydrogen) atoms. The second-order valence-electron chi connectivity index (χ2n) is 6.67. The number of ether oxygens (including phenoxy) is 1. The second kappa shape index (κ2) is 9.30. The molecular weight excluding hydrogens is 492 g/mol. The second-order valence-corrected chi connectivity index (χ2v) is 8.39. The zero-order chi connectivity index (χ0) is 23.7. The predicted molar refractivity (Wildman–Crippen MR) is 126 cm³/mol. The molecule has 0 bridgehead atoms. The van der Waals surface area contributed by atoms with Crippen LogP contribution in [-0.4, -0.2) is 28.3 Å². The van der Waals surface area contributed by atoms with E-state index in [4.69, 9.17) is 27.9 Å². The lowest BCUT2D eigenvalue weighted by Gasteiger charge is -2.11. The highest BCUT2D eigenvalue weighted by atomic mass is 35.5. The number of hydrogen-bond acceptors (Lipinski definition) is 6. The van der Waals surface area contributed by atoms with Crippen molar-refractivity contribution in [2.24, 2.45) is 0 Å². The van der Waals surface area contributed by atoms with Crippen molar-refractivity contribution in [1.82, 2.24) is 9.78 Å². The first-order valence-electron chi connectivity index (χ1n) is 9.54. The van der Waals surface area contributed by atoms with Crippen molar-refractivity contribution >= 4 is 62.2 Å². The lowest BCUT2D eigenvalue weighted by atomic mass is 10.2. The topological polar surface area (TPSA) is 90.3 Å². The summed E-state index contributed by atoms with van der Waals surface area (Å²) in [6.07, 6.45) is 0. The van der Waals surface area contributed by atoms with Crippen molar-refractivity contribution in [1.29, 1.82) is 0 Å². The molecule has 0 saturated heterocycles. The first kappa shape index (κ1) is 22.9. The number of halogens is 3. The van der Waals surface area contributed by atoms with Crippen LogP contribution in [0, 0.1) is 5.82 Å². The van der Waals surface area contributed by atoms with Gasteiger partial charge in [-0.25, -0.2) is 9.18 Å². The molecule has 0 radical (unpaired) electrons. The van der Waals surface area contributed by atoms with Gasteiger partial charge in [0.25, 0.3) is 11.5 Å². The van der Waals surface area contributed by atoms with Crippen LogP contribution in [0.1, 0.15) is 27.8 Å². The number of benzene rings is 2. The van der Waals surface area contributed by atoms with Crippen LogP contribution in [-0.2, 0) is 4.74 Å². The zero-order valence-electron chi connectivity index (χ0n) is 16.9. The number of fused-ring (bicyclic) bond motifs is 1. The Kier molecular flexibility index (Phi) is 6.46. The van der Waals surface area contributed by atoms with E-state index in [0.717, 1.165) is 22.1 Å². The average molecular weight is 506 g/mol. The highest BCUT2D eigenvalue weighted by molar-refractivity contribution is 7.16. The summed E-state index contributed by atoms with van der Waals surface area (Å²) in [4.78, 5) is 38.7. The molecule has 2 heterocycles. The Balaban J connectivity index is 1.91. The maximum absolute atomic E-state index is 14.5. The molecule has 0 atom stereocenters. The molecule has 0 fully saturated rings. The zero-order valence-corrected chi connectivity index (χ0v) is 19.2. The minimum Gasteiger partial charge on any atom is -0.461 e. The average Bonchev–Trinajstić information content (AvgIpc) is 3.20. The molecular formula is C22H14Cl2FN3O4S. The van der Waals surface area contributed by atoms with Crippen molar-refractivity contribution in [3.05, 3.63) is 85.3 Å². The first-order chi connectivity index (χ1) is 15.8. The third-order valence-electron chi connectivity index (χ3n) is 4.60. The number of carbonyl (C=O) groups excluding carboxylic acids is 2. The molecule has 1 N–H and O–H groups in total. The van der Waals surface area contributed by atoms with E-state index >= 15 is 0 Å². The van der Waals surface area contributed by atoms with Gasteiger partial charge in [-0.1, -0.05) is 35.3 Å². The summed E-state index contributed by atoms with van der Waals surface area (Å²) in [5, 5.41) is 8.95. The van der Waals surface area contributed by atoms with E-state index in [-0.39, 0.29) is 44.3 Å². The third-order valence-corrected chi connectivity index (χ3v) is 6.06. The summed E-state index contributed by atoms with van der Waals surface area (Å²) in [5.41, 5.74) is -0.972. The monoisotopic (exact) mass is 505 g/mol. The quantitative estimate of drug-likeness (QED) is 0.370. The normalized spacial score (nSPS) is 10.9. The van der Waals surface area contributed by atoms with Gasteiger partial charge >= 0.3 is 5.97 Å². The third kappa shape index (κ3) is 4.35. The molecule has 168 valence electrons. The van der Waals surface area contributed by atoms with E-state index < -0.39 is 23.3 Å². The number of aromatic nitrogens is 2. The van der Waals surface area contributed by atoms with Crippen molar-refractivity contribution in [3.63, 3.8) is 0 Å². The van der Waals surface area contributed by atoms with E-state index in [1.54, 1.807) is 6.92 Å². The van der Waals surface area contributed by atoms with Crippen LogP contribution in [0.3, 0.4) is 0 Å². The van der Waals surface area contributed by atoms with Crippen LogP contribution >= 0.6 is 34.5 Å². The summed E-state index contributed by atoms with van der Waals surface area (Å²) >= 11 is 13.1. The Morgan fingerprint density at radius 3 is 2.70 bits per heavy atom. The Bertz CT molecular complexity index is 1470. The molecule has 11 heteroatoms. The first-order valence-corrected chi connectivity index (χ1v) is 11.2. The van der Waals surface area contributed by atoms with Crippen LogP contribution in [0.4, 0.5) is 9.39 Å². The van der Waals surface area contributed by atoms with Gasteiger partial charge in [0.2, 0.25) is 0 Å². The maximum Gasteiger partial charge on any atom is 0.359 e. The van der Waals surface area contributed by atoms with Crippen molar-refractivity contribution in [2.45, 2.75) is 6.92 Å². The molecule has 0 saturated carbocycles. The minimum atomic E-state index is -0.791. The number of rotatable bonds is 5. The molecule has 0 aliphatic carbocycles. The Morgan fingerprint density at radius 2 is 1.97 bits per heavy atom. The number of amides is 1. The van der Waals surface area contributed by atoms with Gasteiger partial charge in [0, 0.05) is 15.8 Å². The molecule has 7 nitrogen and oxygen atoms in total. The lowest BCUT2D eigenvalue weighted by molar-refractivity contribution is 0.0519. The number of anilines is 1. The fourth-order valence-corrected chi connectivity index (χ4v) is 4.43. The summed E-state index contributed by atoms with van der Waals surface area (Å²) in [5.74, 6) is -2.12. The van der Waals surface area contributed by atoms with Crippen LogP contribution < -0.4 is 10.9 Å². The molecule has 0 spiro atoms. The van der Waals surface area contributed by atoms with E-state index in [2.05, 4.69) is 10.4 Å². The van der Waals surface area contributed by atoms with Gasteiger partial charge in [0.05, 0.1) is 22.6 Å². The molecule has 0 aliphatic rings.